The van der Waals surface area contributed by atoms with Crippen molar-refractivity contribution in [1.29, 1.82) is 0 Å². The van der Waals surface area contributed by atoms with Crippen molar-refractivity contribution in [2.24, 2.45) is 5.92 Å². The normalized spacial score (nSPS) is 14.3. The molecule has 0 radical (unpaired) electrons. The van der Waals surface area contributed by atoms with E-state index in [-0.39, 0.29) is 11.3 Å². The summed E-state index contributed by atoms with van der Waals surface area (Å²) in [7, 11) is 0. The average Bonchev–Trinajstić information content (AvgIpc) is 3.36. The molecule has 0 bridgehead atoms. The Kier molecular flexibility index (Phi) is 4.26. The van der Waals surface area contributed by atoms with E-state index in [4.69, 9.17) is 0 Å². The van der Waals surface area contributed by atoms with Crippen LogP contribution in [0.15, 0.2) is 15.7 Å². The molecule has 2 N–H and O–H groups in total. The van der Waals surface area contributed by atoms with Crippen LogP contribution in [0.5, 0.6) is 0 Å². The van der Waals surface area contributed by atoms with Gasteiger partial charge in [-0.15, -0.1) is 0 Å². The van der Waals surface area contributed by atoms with Crippen molar-refractivity contribution < 1.29 is 4.79 Å². The lowest BCUT2D eigenvalue weighted by Gasteiger charge is -2.13. The largest absolute Gasteiger partial charge is 0.352 e. The minimum Gasteiger partial charge on any atom is -0.352 e. The maximum Gasteiger partial charge on any atom is 0.329 e. The first-order valence-electron chi connectivity index (χ1n) is 8.38. The topological polar surface area (TPSA) is 96.9 Å². The quantitative estimate of drug-likeness (QED) is 0.865. The number of rotatable bonds is 5. The summed E-state index contributed by atoms with van der Waals surface area (Å²) in [4.78, 5) is 43.8. The second kappa shape index (κ2) is 6.22. The number of amides is 1. The van der Waals surface area contributed by atoms with Gasteiger partial charge in [0.25, 0.3) is 11.5 Å². The van der Waals surface area contributed by atoms with Crippen molar-refractivity contribution in [1.82, 2.24) is 19.9 Å². The van der Waals surface area contributed by atoms with Crippen LogP contribution in [0.2, 0.25) is 0 Å². The summed E-state index contributed by atoms with van der Waals surface area (Å²) in [6.07, 6.45) is 2.04. The molecule has 1 aliphatic carbocycles. The molecule has 1 aliphatic rings. The summed E-state index contributed by atoms with van der Waals surface area (Å²) in [5, 5.41) is 3.03. The van der Waals surface area contributed by atoms with Crippen molar-refractivity contribution in [3.05, 3.63) is 38.2 Å². The minimum atomic E-state index is -0.566. The van der Waals surface area contributed by atoms with Crippen molar-refractivity contribution in [3.8, 4) is 0 Å². The number of aryl methyl sites for hydroxylation is 1. The number of nitrogens with one attached hydrogen (secondary N) is 2. The SMILES string of the molecule is CCn1c(=O)[nH]c(=O)c2c(C(=O)NCC(C)C)cc(C3CC3)nc21. The fourth-order valence-electron chi connectivity index (χ4n) is 2.75. The maximum atomic E-state index is 12.6. The lowest BCUT2D eigenvalue weighted by atomic mass is 10.1. The van der Waals surface area contributed by atoms with Gasteiger partial charge in [-0.1, -0.05) is 13.8 Å². The smallest absolute Gasteiger partial charge is 0.329 e. The van der Waals surface area contributed by atoms with Crippen LogP contribution in [0.25, 0.3) is 11.0 Å². The molecule has 2 aromatic rings. The molecule has 1 saturated carbocycles. The van der Waals surface area contributed by atoms with Gasteiger partial charge in [-0.25, -0.2) is 9.78 Å². The molecule has 2 aromatic heterocycles. The van der Waals surface area contributed by atoms with Crippen molar-refractivity contribution >= 4 is 16.9 Å². The minimum absolute atomic E-state index is 0.183. The molecule has 7 nitrogen and oxygen atoms in total. The van der Waals surface area contributed by atoms with Gasteiger partial charge < -0.3 is 5.32 Å². The molecule has 0 saturated heterocycles. The number of hydrogen-bond donors (Lipinski definition) is 2. The van der Waals surface area contributed by atoms with E-state index in [9.17, 15) is 14.4 Å². The zero-order valence-corrected chi connectivity index (χ0v) is 14.2. The van der Waals surface area contributed by atoms with E-state index in [0.717, 1.165) is 18.5 Å². The Balaban J connectivity index is 2.24. The molecule has 24 heavy (non-hydrogen) atoms. The van der Waals surface area contributed by atoms with E-state index in [2.05, 4.69) is 15.3 Å². The van der Waals surface area contributed by atoms with Crippen LogP contribution in [0, 0.1) is 5.92 Å². The second-order valence-electron chi connectivity index (χ2n) is 6.67. The first-order chi connectivity index (χ1) is 11.4. The molecule has 0 atom stereocenters. The molecular formula is C17H22N4O3. The molecule has 0 aromatic carbocycles. The summed E-state index contributed by atoms with van der Waals surface area (Å²) >= 11 is 0. The van der Waals surface area contributed by atoms with Crippen LogP contribution in [0.4, 0.5) is 0 Å². The number of carbonyl (C=O) groups is 1. The van der Waals surface area contributed by atoms with E-state index in [0.29, 0.717) is 36.1 Å². The predicted molar refractivity (Wildman–Crippen MR) is 91.4 cm³/mol. The Morgan fingerprint density at radius 2 is 2.12 bits per heavy atom. The van der Waals surface area contributed by atoms with Crippen LogP contribution in [-0.2, 0) is 6.54 Å². The molecule has 1 fully saturated rings. The van der Waals surface area contributed by atoms with Crippen molar-refractivity contribution in [3.63, 3.8) is 0 Å². The monoisotopic (exact) mass is 330 g/mol. The summed E-state index contributed by atoms with van der Waals surface area (Å²) in [6, 6.07) is 1.70. The van der Waals surface area contributed by atoms with Crippen LogP contribution in [0.3, 0.4) is 0 Å². The molecule has 128 valence electrons. The third-order valence-corrected chi connectivity index (χ3v) is 4.20. The highest BCUT2D eigenvalue weighted by Gasteiger charge is 2.28. The van der Waals surface area contributed by atoms with Gasteiger partial charge in [0, 0.05) is 24.7 Å². The Bertz CT molecular complexity index is 906. The highest BCUT2D eigenvalue weighted by Crippen LogP contribution is 2.39. The van der Waals surface area contributed by atoms with E-state index in [1.807, 2.05) is 20.8 Å². The number of aromatic nitrogens is 3. The van der Waals surface area contributed by atoms with Gasteiger partial charge in [0.2, 0.25) is 0 Å². The van der Waals surface area contributed by atoms with Gasteiger partial charge >= 0.3 is 5.69 Å². The fourth-order valence-corrected chi connectivity index (χ4v) is 2.75. The Labute approximate surface area is 139 Å². The van der Waals surface area contributed by atoms with Gasteiger partial charge in [0.15, 0.2) is 5.65 Å². The summed E-state index contributed by atoms with van der Waals surface area (Å²) in [5.41, 5.74) is 0.314. The third-order valence-electron chi connectivity index (χ3n) is 4.20. The van der Waals surface area contributed by atoms with Crippen molar-refractivity contribution in [2.45, 2.75) is 46.1 Å². The van der Waals surface area contributed by atoms with Crippen LogP contribution in [-0.4, -0.2) is 27.0 Å². The maximum absolute atomic E-state index is 12.6. The number of pyridine rings is 1. The van der Waals surface area contributed by atoms with Gasteiger partial charge in [0.1, 0.15) is 0 Å². The van der Waals surface area contributed by atoms with E-state index in [1.165, 1.54) is 4.57 Å². The Morgan fingerprint density at radius 3 is 2.71 bits per heavy atom. The molecule has 0 unspecified atom stereocenters. The Hall–Kier alpha value is -2.44. The van der Waals surface area contributed by atoms with Crippen LogP contribution in [0.1, 0.15) is 55.6 Å². The molecule has 0 spiro atoms. The van der Waals surface area contributed by atoms with Gasteiger partial charge in [-0.3, -0.25) is 19.1 Å². The molecule has 0 aliphatic heterocycles. The first kappa shape index (κ1) is 16.4. The molecule has 1 amide bonds. The average molecular weight is 330 g/mol. The first-order valence-corrected chi connectivity index (χ1v) is 8.38. The third kappa shape index (κ3) is 2.98. The van der Waals surface area contributed by atoms with E-state index in [1.54, 1.807) is 6.07 Å². The summed E-state index contributed by atoms with van der Waals surface area (Å²) in [5.74, 6) is 0.313. The van der Waals surface area contributed by atoms with Gasteiger partial charge in [-0.05, 0) is 31.7 Å². The number of carbonyl (C=O) groups excluding carboxylic acids is 1. The van der Waals surface area contributed by atoms with Gasteiger partial charge in [0.05, 0.1) is 10.9 Å². The fraction of sp³-hybridized carbons (Fsp3) is 0.529. The molecular weight excluding hydrogens is 308 g/mol. The van der Waals surface area contributed by atoms with Crippen molar-refractivity contribution in [2.75, 3.05) is 6.54 Å². The zero-order chi connectivity index (χ0) is 17.4. The highest BCUT2D eigenvalue weighted by atomic mass is 16.2. The van der Waals surface area contributed by atoms with Crippen LogP contribution >= 0.6 is 0 Å². The van der Waals surface area contributed by atoms with Gasteiger partial charge in [-0.2, -0.15) is 0 Å². The highest BCUT2D eigenvalue weighted by molar-refractivity contribution is 6.05. The lowest BCUT2D eigenvalue weighted by molar-refractivity contribution is 0.0950. The second-order valence-corrected chi connectivity index (χ2v) is 6.67. The van der Waals surface area contributed by atoms with E-state index < -0.39 is 11.2 Å². The van der Waals surface area contributed by atoms with Crippen LogP contribution < -0.4 is 16.6 Å². The van der Waals surface area contributed by atoms with E-state index >= 15 is 0 Å². The molecule has 7 heteroatoms. The number of nitrogens with zero attached hydrogens (tertiary/aromatic N) is 2. The zero-order valence-electron chi connectivity index (χ0n) is 14.2. The number of aromatic amines is 1. The molecule has 3 rings (SSSR count). The predicted octanol–water partition coefficient (Wildman–Crippen LogP) is 1.37. The number of fused-ring (bicyclic) bond motifs is 1. The standard InChI is InChI=1S/C17H22N4O3/c1-4-21-14-13(16(23)20-17(21)24)11(15(22)18-8-9(2)3)7-12(19-14)10-5-6-10/h7,9-10H,4-6,8H2,1-3H3,(H,18,22)(H,20,23,24). The molecule has 2 heterocycles. The summed E-state index contributed by atoms with van der Waals surface area (Å²) in [6.45, 7) is 6.71. The number of H-pyrrole nitrogens is 1. The Morgan fingerprint density at radius 1 is 1.42 bits per heavy atom. The number of hydrogen-bond acceptors (Lipinski definition) is 4. The lowest BCUT2D eigenvalue weighted by Crippen LogP contribution is -2.34. The summed E-state index contributed by atoms with van der Waals surface area (Å²) < 4.78 is 1.40.